The number of benzene rings is 8. The van der Waals surface area contributed by atoms with E-state index in [2.05, 4.69) is 24.3 Å². The molecule has 2 heteroatoms. The topological polar surface area (TPSA) is 16.4 Å². The Labute approximate surface area is 260 Å². The predicted octanol–water partition coefficient (Wildman–Crippen LogP) is 12.2. The van der Waals surface area contributed by atoms with E-state index in [1.54, 1.807) is 0 Å². The highest BCUT2D eigenvalue weighted by atomic mass is 16.3. The first kappa shape index (κ1) is 20.9. The molecule has 0 spiro atoms. The summed E-state index contributed by atoms with van der Waals surface area (Å²) in [5, 5.41) is 7.75. The van der Waals surface area contributed by atoms with Crippen molar-refractivity contribution in [2.24, 2.45) is 0 Å². The number of rotatable bonds is 4. The van der Waals surface area contributed by atoms with Crippen molar-refractivity contribution in [3.63, 3.8) is 0 Å². The molecule has 0 saturated carbocycles. The van der Waals surface area contributed by atoms with Gasteiger partial charge in [0.2, 0.25) is 0 Å². The van der Waals surface area contributed by atoms with E-state index in [0.29, 0.717) is 16.8 Å². The maximum atomic E-state index is 9.51. The van der Waals surface area contributed by atoms with Crippen molar-refractivity contribution >= 4 is 71.3 Å². The van der Waals surface area contributed by atoms with Gasteiger partial charge in [0.25, 0.3) is 0 Å². The summed E-state index contributed by atoms with van der Waals surface area (Å²) in [5.74, 6) is 0. The van der Waals surface area contributed by atoms with Gasteiger partial charge in [-0.2, -0.15) is 0 Å². The average molecular weight is 566 g/mol. The summed E-state index contributed by atoms with van der Waals surface area (Å²) < 4.78 is 44.2. The van der Waals surface area contributed by atoms with Crippen molar-refractivity contribution in [2.45, 2.75) is 0 Å². The fraction of sp³-hybridized carbons (Fsp3) is 0. The second-order valence-corrected chi connectivity index (χ2v) is 11.0. The Balaban J connectivity index is 1.37. The molecule has 1 heterocycles. The fourth-order valence-electron chi connectivity index (χ4n) is 6.40. The standard InChI is InChI=1S/C42H27NO/c1-2-12-32-27-33(20-19-28(32)9-1)29-21-24-34(25-22-29)43(38-16-7-13-30-10-3-5-14-35(30)38)39-17-8-18-40-41(39)37-26-23-31-11-4-6-15-36(31)42(37)44-40/h1-27H/i21D,22D,24D,25D. The van der Waals surface area contributed by atoms with E-state index < -0.39 is 0 Å². The third-order valence-corrected chi connectivity index (χ3v) is 8.49. The maximum Gasteiger partial charge on any atom is 0.143 e. The van der Waals surface area contributed by atoms with Crippen molar-refractivity contribution in [3.05, 3.63) is 164 Å². The number of nitrogens with zero attached hydrogens (tertiary/aromatic N) is 1. The van der Waals surface area contributed by atoms with Crippen LogP contribution in [0.2, 0.25) is 0 Å². The molecule has 0 aliphatic rings. The molecule has 0 amide bonds. The molecule has 0 bridgehead atoms. The number of anilines is 3. The molecule has 1 aromatic heterocycles. The summed E-state index contributed by atoms with van der Waals surface area (Å²) in [4.78, 5) is 1.89. The normalized spacial score (nSPS) is 12.9. The molecule has 0 N–H and O–H groups in total. The van der Waals surface area contributed by atoms with Crippen LogP contribution in [0.25, 0.3) is 65.4 Å². The molecular weight excluding hydrogens is 534 g/mol. The van der Waals surface area contributed by atoms with E-state index in [-0.39, 0.29) is 35.4 Å². The molecule has 0 atom stereocenters. The molecule has 9 aromatic rings. The Morgan fingerprint density at radius 1 is 0.455 bits per heavy atom. The van der Waals surface area contributed by atoms with Gasteiger partial charge in [-0.15, -0.1) is 0 Å². The first-order valence-corrected chi connectivity index (χ1v) is 14.7. The minimum Gasteiger partial charge on any atom is -0.455 e. The molecule has 8 aromatic carbocycles. The fourth-order valence-corrected chi connectivity index (χ4v) is 6.40. The molecule has 9 rings (SSSR count). The summed E-state index contributed by atoms with van der Waals surface area (Å²) in [6, 6.07) is 45.4. The van der Waals surface area contributed by atoms with Crippen LogP contribution in [0.1, 0.15) is 5.48 Å². The van der Waals surface area contributed by atoms with Gasteiger partial charge in [-0.05, 0) is 75.1 Å². The zero-order valence-corrected chi connectivity index (χ0v) is 23.6. The van der Waals surface area contributed by atoms with Gasteiger partial charge in [0, 0.05) is 21.8 Å². The highest BCUT2D eigenvalue weighted by Crippen LogP contribution is 2.46. The Bertz CT molecular complexity index is 2710. The second kappa shape index (κ2) is 9.86. The highest BCUT2D eigenvalue weighted by Gasteiger charge is 2.21. The predicted molar refractivity (Wildman–Crippen MR) is 186 cm³/mol. The van der Waals surface area contributed by atoms with Crippen LogP contribution in [0.4, 0.5) is 17.1 Å². The van der Waals surface area contributed by atoms with Crippen molar-refractivity contribution < 1.29 is 9.90 Å². The Kier molecular flexibility index (Phi) is 4.69. The largest absolute Gasteiger partial charge is 0.455 e. The lowest BCUT2D eigenvalue weighted by Crippen LogP contribution is -2.10. The van der Waals surface area contributed by atoms with E-state index in [4.69, 9.17) is 4.42 Å². The van der Waals surface area contributed by atoms with Crippen LogP contribution in [0.3, 0.4) is 0 Å². The maximum absolute atomic E-state index is 9.51. The van der Waals surface area contributed by atoms with Crippen LogP contribution in [0, 0.1) is 0 Å². The van der Waals surface area contributed by atoms with E-state index in [1.807, 2.05) is 120 Å². The summed E-state index contributed by atoms with van der Waals surface area (Å²) in [5.41, 5.74) is 3.98. The monoisotopic (exact) mass is 565 g/mol. The van der Waals surface area contributed by atoms with Crippen molar-refractivity contribution in [1.29, 1.82) is 0 Å². The molecule has 206 valence electrons. The van der Waals surface area contributed by atoms with Crippen LogP contribution < -0.4 is 4.90 Å². The molecular formula is C42H27NO. The van der Waals surface area contributed by atoms with Crippen molar-refractivity contribution in [3.8, 4) is 11.1 Å². The summed E-state index contributed by atoms with van der Waals surface area (Å²) in [6.45, 7) is 0. The minimum atomic E-state index is -0.123. The molecule has 0 radical (unpaired) electrons. The van der Waals surface area contributed by atoms with Gasteiger partial charge in [-0.25, -0.2) is 0 Å². The number of hydrogen-bond donors (Lipinski definition) is 0. The third kappa shape index (κ3) is 3.89. The lowest BCUT2D eigenvalue weighted by molar-refractivity contribution is 0.672. The molecule has 0 unspecified atom stereocenters. The lowest BCUT2D eigenvalue weighted by atomic mass is 10.00. The first-order chi connectivity index (χ1) is 23.5. The van der Waals surface area contributed by atoms with E-state index in [1.165, 1.54) is 0 Å². The van der Waals surface area contributed by atoms with Crippen LogP contribution in [-0.4, -0.2) is 0 Å². The van der Waals surface area contributed by atoms with Crippen molar-refractivity contribution in [1.82, 2.24) is 0 Å². The molecule has 0 aliphatic heterocycles. The number of furan rings is 1. The Morgan fingerprint density at radius 2 is 1.09 bits per heavy atom. The van der Waals surface area contributed by atoms with Gasteiger partial charge in [-0.1, -0.05) is 121 Å². The highest BCUT2D eigenvalue weighted by molar-refractivity contribution is 6.20. The Hall–Kier alpha value is -5.86. The zero-order chi connectivity index (χ0) is 32.5. The second-order valence-electron chi connectivity index (χ2n) is 11.0. The summed E-state index contributed by atoms with van der Waals surface area (Å²) in [6.07, 6.45) is 0. The molecule has 44 heavy (non-hydrogen) atoms. The van der Waals surface area contributed by atoms with Gasteiger partial charge in [0.15, 0.2) is 0 Å². The quantitative estimate of drug-likeness (QED) is 0.211. The van der Waals surface area contributed by atoms with Gasteiger partial charge < -0.3 is 9.32 Å². The van der Waals surface area contributed by atoms with Crippen molar-refractivity contribution in [2.75, 3.05) is 4.90 Å². The average Bonchev–Trinajstić information content (AvgIpc) is 3.52. The summed E-state index contributed by atoms with van der Waals surface area (Å²) >= 11 is 0. The SMILES string of the molecule is [2H]c1c([2H])c(N(c2cccc3ccccc23)c2cccc3oc4c5ccccc5ccc4c23)c([2H])c([2H])c1-c1ccc2ccccc2c1. The van der Waals surface area contributed by atoms with Gasteiger partial charge in [0.05, 0.1) is 22.2 Å². The summed E-state index contributed by atoms with van der Waals surface area (Å²) in [7, 11) is 0. The van der Waals surface area contributed by atoms with Crippen LogP contribution >= 0.6 is 0 Å². The number of fused-ring (bicyclic) bond motifs is 7. The molecule has 2 nitrogen and oxygen atoms in total. The minimum absolute atomic E-state index is 0.0956. The van der Waals surface area contributed by atoms with Gasteiger partial charge >= 0.3 is 0 Å². The van der Waals surface area contributed by atoms with Crippen LogP contribution in [0.5, 0.6) is 0 Å². The molecule has 0 saturated heterocycles. The molecule has 0 fully saturated rings. The van der Waals surface area contributed by atoms with E-state index in [9.17, 15) is 5.48 Å². The Morgan fingerprint density at radius 3 is 1.93 bits per heavy atom. The molecule has 0 aliphatic carbocycles. The lowest BCUT2D eigenvalue weighted by Gasteiger charge is -2.27. The van der Waals surface area contributed by atoms with Crippen LogP contribution in [0.15, 0.2) is 168 Å². The third-order valence-electron chi connectivity index (χ3n) is 8.49. The van der Waals surface area contributed by atoms with Gasteiger partial charge in [0.1, 0.15) is 11.2 Å². The number of hydrogen-bond acceptors (Lipinski definition) is 2. The van der Waals surface area contributed by atoms with E-state index >= 15 is 0 Å². The zero-order valence-electron chi connectivity index (χ0n) is 27.6. The van der Waals surface area contributed by atoms with Gasteiger partial charge in [-0.3, -0.25) is 0 Å². The first-order valence-electron chi connectivity index (χ1n) is 16.7. The smallest absolute Gasteiger partial charge is 0.143 e. The van der Waals surface area contributed by atoms with Crippen LogP contribution in [-0.2, 0) is 0 Å². The van der Waals surface area contributed by atoms with E-state index in [0.717, 1.165) is 54.4 Å².